The normalized spacial score (nSPS) is 20.9. The zero-order valence-electron chi connectivity index (χ0n) is 11.6. The fourth-order valence-corrected chi connectivity index (χ4v) is 2.09. The molecule has 0 radical (unpaired) electrons. The second-order valence-corrected chi connectivity index (χ2v) is 6.11. The predicted octanol–water partition coefficient (Wildman–Crippen LogP) is 2.44. The molecule has 1 fully saturated rings. The molecule has 1 unspecified atom stereocenters. The number of hydrogen-bond donors (Lipinski definition) is 1. The third kappa shape index (κ3) is 6.89. The quantitative estimate of drug-likeness (QED) is 0.847. The molecule has 1 aliphatic rings. The summed E-state index contributed by atoms with van der Waals surface area (Å²) < 4.78 is 0. The van der Waals surface area contributed by atoms with Gasteiger partial charge in [0.2, 0.25) is 5.91 Å². The molecule has 0 aromatic heterocycles. The molecule has 1 rings (SSSR count). The zero-order chi connectivity index (χ0) is 12.2. The van der Waals surface area contributed by atoms with Gasteiger partial charge in [-0.15, -0.1) is 12.4 Å². The number of hydrogen-bond acceptors (Lipinski definition) is 2. The van der Waals surface area contributed by atoms with E-state index >= 15 is 0 Å². The molecule has 0 aromatic rings. The number of nitrogens with zero attached hydrogens (tertiary/aromatic N) is 1. The summed E-state index contributed by atoms with van der Waals surface area (Å²) in [5.74, 6) is 0.331. The second-order valence-electron chi connectivity index (χ2n) is 6.11. The van der Waals surface area contributed by atoms with Crippen LogP contribution in [-0.4, -0.2) is 36.5 Å². The van der Waals surface area contributed by atoms with Crippen molar-refractivity contribution in [3.05, 3.63) is 0 Å². The summed E-state index contributed by atoms with van der Waals surface area (Å²) in [7, 11) is 0. The Morgan fingerprint density at radius 3 is 2.59 bits per heavy atom. The first-order chi connectivity index (χ1) is 7.38. The monoisotopic (exact) mass is 262 g/mol. The summed E-state index contributed by atoms with van der Waals surface area (Å²) >= 11 is 0. The summed E-state index contributed by atoms with van der Waals surface area (Å²) in [6.07, 6.45) is 2.85. The van der Waals surface area contributed by atoms with Crippen molar-refractivity contribution in [1.82, 2.24) is 10.2 Å². The zero-order valence-corrected chi connectivity index (χ0v) is 12.4. The second kappa shape index (κ2) is 7.22. The van der Waals surface area contributed by atoms with Crippen LogP contribution in [0.2, 0.25) is 0 Å². The Morgan fingerprint density at radius 1 is 1.41 bits per heavy atom. The minimum absolute atomic E-state index is 0. The molecule has 0 bridgehead atoms. The molecule has 1 N–H and O–H groups in total. The van der Waals surface area contributed by atoms with E-state index < -0.39 is 0 Å². The van der Waals surface area contributed by atoms with Gasteiger partial charge in [-0.2, -0.15) is 0 Å². The van der Waals surface area contributed by atoms with Crippen molar-refractivity contribution < 1.29 is 4.79 Å². The van der Waals surface area contributed by atoms with Gasteiger partial charge in [-0.3, -0.25) is 4.79 Å². The Labute approximate surface area is 112 Å². The highest BCUT2D eigenvalue weighted by Gasteiger charge is 2.20. The van der Waals surface area contributed by atoms with Crippen molar-refractivity contribution in [3.63, 3.8) is 0 Å². The maximum Gasteiger partial charge on any atom is 0.222 e. The minimum atomic E-state index is 0. The van der Waals surface area contributed by atoms with Crippen LogP contribution in [0.4, 0.5) is 0 Å². The highest BCUT2D eigenvalue weighted by Crippen LogP contribution is 2.21. The minimum Gasteiger partial charge on any atom is -0.340 e. The number of rotatable bonds is 3. The van der Waals surface area contributed by atoms with Gasteiger partial charge in [-0.1, -0.05) is 20.8 Å². The van der Waals surface area contributed by atoms with Crippen LogP contribution in [-0.2, 0) is 4.79 Å². The van der Waals surface area contributed by atoms with Crippen LogP contribution >= 0.6 is 12.4 Å². The fourth-order valence-electron chi connectivity index (χ4n) is 2.09. The van der Waals surface area contributed by atoms with Gasteiger partial charge in [0.1, 0.15) is 0 Å². The maximum atomic E-state index is 11.9. The largest absolute Gasteiger partial charge is 0.340 e. The van der Waals surface area contributed by atoms with Gasteiger partial charge in [0.05, 0.1) is 0 Å². The highest BCUT2D eigenvalue weighted by molar-refractivity contribution is 5.85. The molecular weight excluding hydrogens is 236 g/mol. The highest BCUT2D eigenvalue weighted by atomic mass is 35.5. The average molecular weight is 263 g/mol. The molecule has 4 heteroatoms. The third-order valence-corrected chi connectivity index (χ3v) is 3.04. The van der Waals surface area contributed by atoms with Crippen LogP contribution in [0.25, 0.3) is 0 Å². The van der Waals surface area contributed by atoms with Crippen LogP contribution in [0.1, 0.15) is 47.0 Å². The first-order valence-corrected chi connectivity index (χ1v) is 6.40. The number of carbonyl (C=O) groups excluding carboxylic acids is 1. The van der Waals surface area contributed by atoms with Crippen LogP contribution in [0.3, 0.4) is 0 Å². The Bertz CT molecular complexity index is 238. The van der Waals surface area contributed by atoms with Crippen LogP contribution in [0, 0.1) is 5.41 Å². The molecule has 1 saturated heterocycles. The van der Waals surface area contributed by atoms with Gasteiger partial charge < -0.3 is 10.2 Å². The van der Waals surface area contributed by atoms with E-state index in [1.165, 1.54) is 0 Å². The Hall–Kier alpha value is -0.280. The fraction of sp³-hybridized carbons (Fsp3) is 0.923. The van der Waals surface area contributed by atoms with E-state index in [-0.39, 0.29) is 12.4 Å². The molecule has 0 aliphatic carbocycles. The van der Waals surface area contributed by atoms with Crippen LogP contribution in [0.5, 0.6) is 0 Å². The van der Waals surface area contributed by atoms with Crippen molar-refractivity contribution in [3.8, 4) is 0 Å². The number of amides is 1. The predicted molar refractivity (Wildman–Crippen MR) is 74.6 cm³/mol. The van der Waals surface area contributed by atoms with E-state index in [0.29, 0.717) is 23.8 Å². The molecule has 1 aliphatic heterocycles. The molecule has 17 heavy (non-hydrogen) atoms. The van der Waals surface area contributed by atoms with Crippen molar-refractivity contribution >= 4 is 18.3 Å². The van der Waals surface area contributed by atoms with Gasteiger partial charge in [0, 0.05) is 32.1 Å². The molecular formula is C13H27ClN2O. The van der Waals surface area contributed by atoms with E-state index in [2.05, 4.69) is 33.0 Å². The first-order valence-electron chi connectivity index (χ1n) is 6.40. The van der Waals surface area contributed by atoms with Crippen molar-refractivity contribution in [1.29, 1.82) is 0 Å². The van der Waals surface area contributed by atoms with Gasteiger partial charge in [0.25, 0.3) is 0 Å². The molecule has 0 saturated carbocycles. The van der Waals surface area contributed by atoms with E-state index in [1.807, 2.05) is 4.90 Å². The Kier molecular flexibility index (Phi) is 7.10. The molecule has 102 valence electrons. The number of carbonyl (C=O) groups is 1. The summed E-state index contributed by atoms with van der Waals surface area (Å²) in [6, 6.07) is 0.445. The lowest BCUT2D eigenvalue weighted by Crippen LogP contribution is -2.51. The van der Waals surface area contributed by atoms with E-state index in [1.54, 1.807) is 0 Å². The van der Waals surface area contributed by atoms with Gasteiger partial charge in [-0.25, -0.2) is 0 Å². The first kappa shape index (κ1) is 16.7. The van der Waals surface area contributed by atoms with E-state index in [0.717, 1.165) is 32.5 Å². The SMILES string of the molecule is CC1CN(C(=O)CCCC(C)(C)C)CCN1.Cl. The molecule has 0 aromatic carbocycles. The van der Waals surface area contributed by atoms with Gasteiger partial charge in [-0.05, 0) is 25.2 Å². The van der Waals surface area contributed by atoms with Gasteiger partial charge >= 0.3 is 0 Å². The Balaban J connectivity index is 0.00000256. The van der Waals surface area contributed by atoms with E-state index in [4.69, 9.17) is 0 Å². The molecule has 1 atom stereocenters. The van der Waals surface area contributed by atoms with Crippen molar-refractivity contribution in [2.24, 2.45) is 5.41 Å². The lowest BCUT2D eigenvalue weighted by Gasteiger charge is -2.32. The number of piperazine rings is 1. The topological polar surface area (TPSA) is 32.3 Å². The lowest BCUT2D eigenvalue weighted by atomic mass is 9.90. The van der Waals surface area contributed by atoms with E-state index in [9.17, 15) is 4.79 Å². The van der Waals surface area contributed by atoms with Crippen LogP contribution < -0.4 is 5.32 Å². The molecule has 1 heterocycles. The average Bonchev–Trinajstić information content (AvgIpc) is 2.15. The Morgan fingerprint density at radius 2 is 2.06 bits per heavy atom. The van der Waals surface area contributed by atoms with Crippen molar-refractivity contribution in [2.75, 3.05) is 19.6 Å². The lowest BCUT2D eigenvalue weighted by molar-refractivity contribution is -0.132. The number of halogens is 1. The summed E-state index contributed by atoms with van der Waals surface area (Å²) in [6.45, 7) is 11.5. The summed E-state index contributed by atoms with van der Waals surface area (Å²) in [5, 5.41) is 3.35. The summed E-state index contributed by atoms with van der Waals surface area (Å²) in [4.78, 5) is 13.9. The standard InChI is InChI=1S/C13H26N2O.ClH/c1-11-10-15(9-8-14-11)12(16)6-5-7-13(2,3)4;/h11,14H,5-10H2,1-4H3;1H. The maximum absolute atomic E-state index is 11.9. The van der Waals surface area contributed by atoms with Crippen LogP contribution in [0.15, 0.2) is 0 Å². The molecule has 3 nitrogen and oxygen atoms in total. The smallest absolute Gasteiger partial charge is 0.222 e. The van der Waals surface area contributed by atoms with Crippen molar-refractivity contribution in [2.45, 2.75) is 53.0 Å². The third-order valence-electron chi connectivity index (χ3n) is 3.04. The number of nitrogens with one attached hydrogen (secondary N) is 1. The van der Waals surface area contributed by atoms with Gasteiger partial charge in [0.15, 0.2) is 0 Å². The summed E-state index contributed by atoms with van der Waals surface area (Å²) in [5.41, 5.74) is 0.344. The molecule has 1 amide bonds. The molecule has 0 spiro atoms.